The van der Waals surface area contributed by atoms with E-state index in [2.05, 4.69) is 20.1 Å². The summed E-state index contributed by atoms with van der Waals surface area (Å²) in [5.74, 6) is 1.69. The summed E-state index contributed by atoms with van der Waals surface area (Å²) in [6.07, 6.45) is 1.77. The van der Waals surface area contributed by atoms with Gasteiger partial charge in [-0.2, -0.15) is 19.5 Å². The van der Waals surface area contributed by atoms with Gasteiger partial charge in [-0.25, -0.2) is 0 Å². The van der Waals surface area contributed by atoms with E-state index in [4.69, 9.17) is 22.7 Å². The second-order valence-electron chi connectivity index (χ2n) is 2.93. The molecule has 0 saturated carbocycles. The fourth-order valence-corrected chi connectivity index (χ4v) is 1.46. The number of hydrogen-bond donors (Lipinski definition) is 2. The molecule has 2 aromatic rings. The molecule has 0 aliphatic rings. The molecule has 7 nitrogen and oxygen atoms in total. The molecule has 8 heteroatoms. The number of H-pyrrole nitrogens is 1. The quantitative estimate of drug-likeness (QED) is 0.593. The highest BCUT2D eigenvalue weighted by atomic mass is 32.1. The first kappa shape index (κ1) is 10.6. The first-order valence-electron chi connectivity index (χ1n) is 4.48. The van der Waals surface area contributed by atoms with E-state index in [0.717, 1.165) is 0 Å². The number of anilines is 1. The molecule has 0 aliphatic heterocycles. The topological polar surface area (TPSA) is 94.1 Å². The second kappa shape index (κ2) is 3.89. The summed E-state index contributed by atoms with van der Waals surface area (Å²) in [4.78, 5) is 12.0. The molecule has 16 heavy (non-hydrogen) atoms. The molecule has 0 aliphatic carbocycles. The van der Waals surface area contributed by atoms with Gasteiger partial charge in [0.1, 0.15) is 0 Å². The number of methoxy groups -OCH3 is 1. The Labute approximate surface area is 96.0 Å². The number of aromatic nitrogens is 5. The lowest BCUT2D eigenvalue weighted by atomic mass is 10.4. The minimum absolute atomic E-state index is 0.162. The van der Waals surface area contributed by atoms with E-state index in [0.29, 0.717) is 17.4 Å². The Balaban J connectivity index is 2.69. The van der Waals surface area contributed by atoms with E-state index in [9.17, 15) is 0 Å². The maximum atomic E-state index is 5.67. The standard InChI is InChI=1S/C8H10N6OS/c1-3-4(15-2)5-10-7-12-8(16)11-6(9)14(7)13-5/h3H,1-2H3,(H3,9,10,11,12,13,16)/b4-3-. The molecule has 0 fully saturated rings. The van der Waals surface area contributed by atoms with Crippen molar-refractivity contribution in [3.63, 3.8) is 0 Å². The van der Waals surface area contributed by atoms with Gasteiger partial charge in [0.05, 0.1) is 7.11 Å². The molecule has 2 rings (SSSR count). The Kier molecular flexibility index (Phi) is 2.57. The predicted molar refractivity (Wildman–Crippen MR) is 61.0 cm³/mol. The lowest BCUT2D eigenvalue weighted by molar-refractivity contribution is 0.365. The van der Waals surface area contributed by atoms with Crippen LogP contribution in [-0.2, 0) is 4.74 Å². The Hall–Kier alpha value is -1.96. The molecule has 84 valence electrons. The van der Waals surface area contributed by atoms with Crippen LogP contribution in [0.25, 0.3) is 11.5 Å². The molecule has 0 saturated heterocycles. The molecule has 0 bridgehead atoms. The van der Waals surface area contributed by atoms with Gasteiger partial charge in [-0.15, -0.1) is 0 Å². The number of aromatic amines is 1. The van der Waals surface area contributed by atoms with Gasteiger partial charge < -0.3 is 10.5 Å². The van der Waals surface area contributed by atoms with Crippen LogP contribution >= 0.6 is 12.2 Å². The van der Waals surface area contributed by atoms with E-state index in [1.54, 1.807) is 13.2 Å². The molecule has 0 unspecified atom stereocenters. The number of nitrogens with two attached hydrogens (primary N) is 1. The number of rotatable bonds is 2. The van der Waals surface area contributed by atoms with E-state index in [1.807, 2.05) is 6.92 Å². The first-order chi connectivity index (χ1) is 7.65. The Morgan fingerprint density at radius 2 is 2.25 bits per heavy atom. The fraction of sp³-hybridized carbons (Fsp3) is 0.250. The summed E-state index contributed by atoms with van der Waals surface area (Å²) in [7, 11) is 1.56. The Morgan fingerprint density at radius 3 is 2.88 bits per heavy atom. The highest BCUT2D eigenvalue weighted by Crippen LogP contribution is 2.11. The number of nitrogen functional groups attached to an aromatic ring is 1. The maximum Gasteiger partial charge on any atom is 0.256 e. The van der Waals surface area contributed by atoms with E-state index >= 15 is 0 Å². The Bertz CT molecular complexity index is 613. The van der Waals surface area contributed by atoms with Crippen molar-refractivity contribution >= 4 is 29.7 Å². The molecule has 0 amide bonds. The molecule has 2 heterocycles. The number of fused-ring (bicyclic) bond motifs is 1. The van der Waals surface area contributed by atoms with Crippen LogP contribution in [-0.4, -0.2) is 31.7 Å². The van der Waals surface area contributed by atoms with Crippen LogP contribution in [0.15, 0.2) is 6.08 Å². The molecular formula is C8H10N6OS. The summed E-state index contributed by atoms with van der Waals surface area (Å²) in [6, 6.07) is 0. The monoisotopic (exact) mass is 238 g/mol. The van der Waals surface area contributed by atoms with Crippen molar-refractivity contribution in [1.29, 1.82) is 0 Å². The SMILES string of the molecule is C/C=C(\OC)c1nc2nc(=S)nc(N)n2[nH]1. The zero-order valence-corrected chi connectivity index (χ0v) is 9.58. The third-order valence-corrected chi connectivity index (χ3v) is 2.16. The van der Waals surface area contributed by atoms with Gasteiger partial charge in [-0.1, -0.05) is 0 Å². The van der Waals surface area contributed by atoms with Crippen LogP contribution in [0.1, 0.15) is 12.7 Å². The number of nitrogens with one attached hydrogen (secondary N) is 1. The third-order valence-electron chi connectivity index (χ3n) is 1.98. The summed E-state index contributed by atoms with van der Waals surface area (Å²) < 4.78 is 6.72. The highest BCUT2D eigenvalue weighted by Gasteiger charge is 2.09. The summed E-state index contributed by atoms with van der Waals surface area (Å²) in [5.41, 5.74) is 5.67. The Morgan fingerprint density at radius 1 is 1.50 bits per heavy atom. The van der Waals surface area contributed by atoms with Crippen molar-refractivity contribution in [2.75, 3.05) is 12.8 Å². The molecular weight excluding hydrogens is 228 g/mol. The highest BCUT2D eigenvalue weighted by molar-refractivity contribution is 7.71. The average molecular weight is 238 g/mol. The fourth-order valence-electron chi connectivity index (χ4n) is 1.29. The van der Waals surface area contributed by atoms with Crippen molar-refractivity contribution in [3.8, 4) is 0 Å². The van der Waals surface area contributed by atoms with Gasteiger partial charge in [0.2, 0.25) is 10.7 Å². The normalized spacial score (nSPS) is 12.0. The van der Waals surface area contributed by atoms with Gasteiger partial charge >= 0.3 is 0 Å². The smallest absolute Gasteiger partial charge is 0.256 e. The van der Waals surface area contributed by atoms with Gasteiger partial charge in [-0.05, 0) is 25.2 Å². The zero-order chi connectivity index (χ0) is 11.7. The van der Waals surface area contributed by atoms with E-state index < -0.39 is 0 Å². The van der Waals surface area contributed by atoms with Crippen LogP contribution in [0.3, 0.4) is 0 Å². The van der Waals surface area contributed by atoms with Gasteiger partial charge in [0, 0.05) is 0 Å². The van der Waals surface area contributed by atoms with E-state index in [1.165, 1.54) is 4.52 Å². The number of ether oxygens (including phenoxy) is 1. The van der Waals surface area contributed by atoms with Gasteiger partial charge in [0.25, 0.3) is 5.78 Å². The average Bonchev–Trinajstić information content (AvgIpc) is 2.63. The van der Waals surface area contributed by atoms with Crippen LogP contribution in [0.5, 0.6) is 0 Å². The van der Waals surface area contributed by atoms with Crippen LogP contribution in [0, 0.1) is 4.77 Å². The van der Waals surface area contributed by atoms with Crippen molar-refractivity contribution in [3.05, 3.63) is 16.7 Å². The molecule has 0 radical (unpaired) electrons. The zero-order valence-electron chi connectivity index (χ0n) is 8.76. The van der Waals surface area contributed by atoms with Crippen molar-refractivity contribution < 1.29 is 4.74 Å². The van der Waals surface area contributed by atoms with Crippen LogP contribution in [0.2, 0.25) is 0 Å². The number of allylic oxidation sites excluding steroid dienone is 1. The molecule has 0 spiro atoms. The van der Waals surface area contributed by atoms with Gasteiger partial charge in [-0.3, -0.25) is 5.10 Å². The lowest BCUT2D eigenvalue weighted by Gasteiger charge is -1.99. The summed E-state index contributed by atoms with van der Waals surface area (Å²) in [5, 5.41) is 2.91. The summed E-state index contributed by atoms with van der Waals surface area (Å²) >= 11 is 4.84. The summed E-state index contributed by atoms with van der Waals surface area (Å²) in [6.45, 7) is 1.84. The second-order valence-corrected chi connectivity index (χ2v) is 3.29. The lowest BCUT2D eigenvalue weighted by Crippen LogP contribution is -2.03. The van der Waals surface area contributed by atoms with Gasteiger partial charge in [0.15, 0.2) is 11.6 Å². The van der Waals surface area contributed by atoms with Crippen molar-refractivity contribution in [2.45, 2.75) is 6.92 Å². The van der Waals surface area contributed by atoms with Crippen LogP contribution < -0.4 is 5.73 Å². The van der Waals surface area contributed by atoms with Crippen molar-refractivity contribution in [2.24, 2.45) is 0 Å². The minimum Gasteiger partial charge on any atom is -0.493 e. The van der Waals surface area contributed by atoms with Crippen LogP contribution in [0.4, 0.5) is 5.95 Å². The van der Waals surface area contributed by atoms with E-state index in [-0.39, 0.29) is 10.7 Å². The third kappa shape index (κ3) is 1.63. The largest absolute Gasteiger partial charge is 0.493 e. The molecule has 0 atom stereocenters. The molecule has 0 aromatic carbocycles. The number of nitrogens with zero attached hydrogens (tertiary/aromatic N) is 4. The van der Waals surface area contributed by atoms with Crippen molar-refractivity contribution in [1.82, 2.24) is 24.6 Å². The minimum atomic E-state index is 0.162. The molecule has 3 N–H and O–H groups in total. The molecule has 2 aromatic heterocycles. The number of hydrogen-bond acceptors (Lipinski definition) is 6. The predicted octanol–water partition coefficient (Wildman–Crippen LogP) is 0.771. The first-order valence-corrected chi connectivity index (χ1v) is 4.89. The maximum absolute atomic E-state index is 5.67.